The number of anilines is 1. The Balaban J connectivity index is 1.83. The minimum Gasteiger partial charge on any atom is -0.406 e. The number of carbonyl (C=O) groups is 2. The molecule has 1 atom stereocenters. The summed E-state index contributed by atoms with van der Waals surface area (Å²) in [5.74, 6) is -0.878. The standard InChI is InChI=1S/C16H20F3N3O3/c1-10(22(2)9-14(23)20-11-3-4-11)15(24)21-12-5-7-13(8-6-12)25-16(17,18)19/h5-8,10-11H,3-4,9H2,1-2H3,(H,20,23)(H,21,24). The Bertz CT molecular complexity index is 615. The first-order valence-electron chi connectivity index (χ1n) is 7.80. The summed E-state index contributed by atoms with van der Waals surface area (Å²) < 4.78 is 40.1. The molecule has 1 aromatic rings. The van der Waals surface area contributed by atoms with Crippen LogP contribution in [0, 0.1) is 0 Å². The van der Waals surface area contributed by atoms with E-state index in [-0.39, 0.29) is 30.2 Å². The number of amides is 2. The van der Waals surface area contributed by atoms with Crippen LogP contribution in [-0.4, -0.2) is 48.8 Å². The summed E-state index contributed by atoms with van der Waals surface area (Å²) in [7, 11) is 1.65. The van der Waals surface area contributed by atoms with E-state index in [1.165, 1.54) is 12.1 Å². The van der Waals surface area contributed by atoms with Gasteiger partial charge in [-0.25, -0.2) is 0 Å². The van der Waals surface area contributed by atoms with Crippen molar-refractivity contribution in [3.05, 3.63) is 24.3 Å². The zero-order valence-corrected chi connectivity index (χ0v) is 13.9. The van der Waals surface area contributed by atoms with Gasteiger partial charge in [0, 0.05) is 11.7 Å². The van der Waals surface area contributed by atoms with Crippen molar-refractivity contribution in [1.29, 1.82) is 0 Å². The summed E-state index contributed by atoms with van der Waals surface area (Å²) in [5.41, 5.74) is 0.335. The van der Waals surface area contributed by atoms with Crippen molar-refractivity contribution in [3.63, 3.8) is 0 Å². The van der Waals surface area contributed by atoms with Crippen LogP contribution in [0.3, 0.4) is 0 Å². The Hall–Kier alpha value is -2.29. The summed E-state index contributed by atoms with van der Waals surface area (Å²) in [5, 5.41) is 5.42. The maximum Gasteiger partial charge on any atom is 0.573 e. The maximum absolute atomic E-state index is 12.2. The zero-order chi connectivity index (χ0) is 18.6. The third-order valence-corrected chi connectivity index (χ3v) is 3.73. The lowest BCUT2D eigenvalue weighted by Gasteiger charge is -2.23. The van der Waals surface area contributed by atoms with E-state index < -0.39 is 12.4 Å². The van der Waals surface area contributed by atoms with Crippen LogP contribution in [0.2, 0.25) is 0 Å². The van der Waals surface area contributed by atoms with Gasteiger partial charge in [-0.3, -0.25) is 14.5 Å². The maximum atomic E-state index is 12.2. The normalized spacial score (nSPS) is 15.6. The van der Waals surface area contributed by atoms with Crippen LogP contribution in [0.1, 0.15) is 19.8 Å². The first-order valence-corrected chi connectivity index (χ1v) is 7.80. The highest BCUT2D eigenvalue weighted by Crippen LogP contribution is 2.24. The number of alkyl halides is 3. The van der Waals surface area contributed by atoms with E-state index in [0.717, 1.165) is 25.0 Å². The van der Waals surface area contributed by atoms with Gasteiger partial charge >= 0.3 is 6.36 Å². The molecule has 1 aromatic carbocycles. The number of ether oxygens (including phenoxy) is 1. The molecule has 138 valence electrons. The Morgan fingerprint density at radius 3 is 2.40 bits per heavy atom. The van der Waals surface area contributed by atoms with E-state index in [1.54, 1.807) is 18.9 Å². The molecule has 0 bridgehead atoms. The van der Waals surface area contributed by atoms with Crippen molar-refractivity contribution >= 4 is 17.5 Å². The molecule has 2 N–H and O–H groups in total. The third kappa shape index (κ3) is 6.61. The average molecular weight is 359 g/mol. The van der Waals surface area contributed by atoms with Crippen molar-refractivity contribution in [2.45, 2.75) is 38.2 Å². The van der Waals surface area contributed by atoms with Gasteiger partial charge < -0.3 is 15.4 Å². The number of benzene rings is 1. The first-order chi connectivity index (χ1) is 11.6. The molecule has 1 unspecified atom stereocenters. The van der Waals surface area contributed by atoms with Crippen molar-refractivity contribution in [3.8, 4) is 5.75 Å². The highest BCUT2D eigenvalue weighted by Gasteiger charge is 2.31. The fourth-order valence-electron chi connectivity index (χ4n) is 2.05. The van der Waals surface area contributed by atoms with Crippen LogP contribution in [0.5, 0.6) is 5.75 Å². The Morgan fingerprint density at radius 2 is 1.88 bits per heavy atom. The molecular weight excluding hydrogens is 339 g/mol. The summed E-state index contributed by atoms with van der Waals surface area (Å²) in [6.45, 7) is 1.73. The second kappa shape index (κ2) is 7.73. The highest BCUT2D eigenvalue weighted by atomic mass is 19.4. The van der Waals surface area contributed by atoms with Crippen molar-refractivity contribution in [1.82, 2.24) is 10.2 Å². The molecule has 0 heterocycles. The van der Waals surface area contributed by atoms with Crippen molar-refractivity contribution in [2.75, 3.05) is 18.9 Å². The molecule has 25 heavy (non-hydrogen) atoms. The summed E-state index contributed by atoms with van der Waals surface area (Å²) in [6.07, 6.45) is -2.79. The second-order valence-corrected chi connectivity index (χ2v) is 5.99. The van der Waals surface area contributed by atoms with Crippen molar-refractivity contribution in [2.24, 2.45) is 0 Å². The highest BCUT2D eigenvalue weighted by molar-refractivity contribution is 5.95. The van der Waals surface area contributed by atoms with Crippen LogP contribution in [0.4, 0.5) is 18.9 Å². The molecule has 0 aliphatic heterocycles. The molecule has 1 aliphatic rings. The van der Waals surface area contributed by atoms with Gasteiger partial charge in [0.15, 0.2) is 0 Å². The molecule has 9 heteroatoms. The quantitative estimate of drug-likeness (QED) is 0.782. The largest absolute Gasteiger partial charge is 0.573 e. The molecular formula is C16H20F3N3O3. The van der Waals surface area contributed by atoms with E-state index in [4.69, 9.17) is 0 Å². The zero-order valence-electron chi connectivity index (χ0n) is 13.9. The van der Waals surface area contributed by atoms with E-state index >= 15 is 0 Å². The minimum atomic E-state index is -4.76. The van der Waals surface area contributed by atoms with E-state index in [2.05, 4.69) is 15.4 Å². The smallest absolute Gasteiger partial charge is 0.406 e. The monoisotopic (exact) mass is 359 g/mol. The summed E-state index contributed by atoms with van der Waals surface area (Å²) in [6, 6.07) is 4.51. The number of nitrogens with one attached hydrogen (secondary N) is 2. The van der Waals surface area contributed by atoms with Crippen LogP contribution >= 0.6 is 0 Å². The van der Waals surface area contributed by atoms with Gasteiger partial charge in [-0.2, -0.15) is 0 Å². The predicted molar refractivity (Wildman–Crippen MR) is 85.0 cm³/mol. The number of hydrogen-bond donors (Lipinski definition) is 2. The van der Waals surface area contributed by atoms with Gasteiger partial charge in [0.05, 0.1) is 12.6 Å². The van der Waals surface area contributed by atoms with Gasteiger partial charge in [0.25, 0.3) is 0 Å². The fraction of sp³-hybridized carbons (Fsp3) is 0.500. The van der Waals surface area contributed by atoms with Crippen LogP contribution in [0.15, 0.2) is 24.3 Å². The summed E-state index contributed by atoms with van der Waals surface area (Å²) in [4.78, 5) is 25.5. The summed E-state index contributed by atoms with van der Waals surface area (Å²) >= 11 is 0. The number of nitrogens with zero attached hydrogens (tertiary/aromatic N) is 1. The lowest BCUT2D eigenvalue weighted by molar-refractivity contribution is -0.274. The molecule has 1 aliphatic carbocycles. The number of likely N-dealkylation sites (N-methyl/N-ethyl adjacent to an activating group) is 1. The van der Waals surface area contributed by atoms with Crippen LogP contribution < -0.4 is 15.4 Å². The first kappa shape index (κ1) is 19.0. The number of rotatable bonds is 7. The average Bonchev–Trinajstić information content (AvgIpc) is 3.30. The molecule has 2 rings (SSSR count). The van der Waals surface area contributed by atoms with Gasteiger partial charge in [-0.05, 0) is 51.1 Å². The number of hydrogen-bond acceptors (Lipinski definition) is 4. The predicted octanol–water partition coefficient (Wildman–Crippen LogP) is 2.12. The van der Waals surface area contributed by atoms with E-state index in [9.17, 15) is 22.8 Å². The third-order valence-electron chi connectivity index (χ3n) is 3.73. The molecule has 0 saturated heterocycles. The van der Waals surface area contributed by atoms with Gasteiger partial charge in [-0.15, -0.1) is 13.2 Å². The second-order valence-electron chi connectivity index (χ2n) is 5.99. The minimum absolute atomic E-state index is 0.0868. The molecule has 0 aromatic heterocycles. The molecule has 0 spiro atoms. The van der Waals surface area contributed by atoms with Gasteiger partial charge in [-0.1, -0.05) is 0 Å². The molecule has 1 saturated carbocycles. The van der Waals surface area contributed by atoms with E-state index in [0.29, 0.717) is 5.69 Å². The Kier molecular flexibility index (Phi) is 5.89. The molecule has 0 radical (unpaired) electrons. The molecule has 1 fully saturated rings. The van der Waals surface area contributed by atoms with E-state index in [1.807, 2.05) is 0 Å². The molecule has 6 nitrogen and oxygen atoms in total. The lowest BCUT2D eigenvalue weighted by Crippen LogP contribution is -2.45. The topological polar surface area (TPSA) is 70.7 Å². The Labute approximate surface area is 143 Å². The molecule has 2 amide bonds. The van der Waals surface area contributed by atoms with Crippen LogP contribution in [-0.2, 0) is 9.59 Å². The Morgan fingerprint density at radius 1 is 1.28 bits per heavy atom. The lowest BCUT2D eigenvalue weighted by atomic mass is 10.2. The fourth-order valence-corrected chi connectivity index (χ4v) is 2.05. The van der Waals surface area contributed by atoms with Gasteiger partial charge in [0.1, 0.15) is 5.75 Å². The number of halogens is 3. The van der Waals surface area contributed by atoms with Crippen LogP contribution in [0.25, 0.3) is 0 Å². The van der Waals surface area contributed by atoms with Gasteiger partial charge in [0.2, 0.25) is 11.8 Å². The SMILES string of the molecule is CC(C(=O)Nc1ccc(OC(F)(F)F)cc1)N(C)CC(=O)NC1CC1. The van der Waals surface area contributed by atoms with Crippen molar-refractivity contribution < 1.29 is 27.5 Å². The number of carbonyl (C=O) groups excluding carboxylic acids is 2.